The van der Waals surface area contributed by atoms with E-state index in [1.165, 1.54) is 19.3 Å². The van der Waals surface area contributed by atoms with Crippen molar-refractivity contribution in [3.63, 3.8) is 0 Å². The van der Waals surface area contributed by atoms with Crippen LogP contribution < -0.4 is 4.90 Å². The number of halogens is 2. The zero-order chi connectivity index (χ0) is 19.7. The average Bonchev–Trinajstić information content (AvgIpc) is 2.66. The summed E-state index contributed by atoms with van der Waals surface area (Å²) >= 11 is 0. The molecule has 0 atom stereocenters. The van der Waals surface area contributed by atoms with E-state index in [1.54, 1.807) is 11.0 Å². The molecule has 3 aliphatic rings. The summed E-state index contributed by atoms with van der Waals surface area (Å²) in [4.78, 5) is 19.0. The van der Waals surface area contributed by atoms with Crippen LogP contribution >= 0.6 is 0 Å². The molecule has 1 aromatic rings. The maximum atomic E-state index is 14.3. The number of anilines is 1. The molecule has 0 spiro atoms. The van der Waals surface area contributed by atoms with Gasteiger partial charge in [-0.2, -0.15) is 5.26 Å². The average molecular weight is 388 g/mol. The third kappa shape index (κ3) is 3.70. The third-order valence-electron chi connectivity index (χ3n) is 6.52. The number of carbonyl (C=O) groups is 1. The van der Waals surface area contributed by atoms with Crippen LogP contribution in [0.5, 0.6) is 0 Å². The van der Waals surface area contributed by atoms with Crippen molar-refractivity contribution >= 4 is 11.6 Å². The predicted octanol–water partition coefficient (Wildman–Crippen LogP) is 2.75. The van der Waals surface area contributed by atoms with Crippen LogP contribution in [0.1, 0.15) is 37.7 Å². The molecule has 150 valence electrons. The quantitative estimate of drug-likeness (QED) is 0.799. The first-order chi connectivity index (χ1) is 13.6. The van der Waals surface area contributed by atoms with E-state index < -0.39 is 11.6 Å². The Morgan fingerprint density at radius 1 is 0.964 bits per heavy atom. The maximum absolute atomic E-state index is 14.3. The highest BCUT2D eigenvalue weighted by atomic mass is 19.1. The van der Waals surface area contributed by atoms with Crippen LogP contribution in [0.3, 0.4) is 0 Å². The predicted molar refractivity (Wildman–Crippen MR) is 102 cm³/mol. The third-order valence-corrected chi connectivity index (χ3v) is 6.52. The number of benzene rings is 1. The molecule has 0 bridgehead atoms. The Labute approximate surface area is 164 Å². The Morgan fingerprint density at radius 2 is 1.57 bits per heavy atom. The molecule has 28 heavy (non-hydrogen) atoms. The van der Waals surface area contributed by atoms with E-state index in [0.29, 0.717) is 25.9 Å². The van der Waals surface area contributed by atoms with Gasteiger partial charge in [-0.3, -0.25) is 9.69 Å². The Kier molecular flexibility index (Phi) is 5.49. The molecular weight excluding hydrogens is 362 g/mol. The van der Waals surface area contributed by atoms with Crippen molar-refractivity contribution in [2.45, 2.75) is 38.1 Å². The lowest BCUT2D eigenvalue weighted by atomic mass is 9.90. The molecule has 1 saturated carbocycles. The topological polar surface area (TPSA) is 50.6 Å². The summed E-state index contributed by atoms with van der Waals surface area (Å²) in [5.74, 6) is -1.31. The fourth-order valence-electron chi connectivity index (χ4n) is 4.60. The fraction of sp³-hybridized carbons (Fsp3) is 0.619. The molecule has 4 rings (SSSR count). The lowest BCUT2D eigenvalue weighted by molar-refractivity contribution is -0.138. The van der Waals surface area contributed by atoms with E-state index >= 15 is 0 Å². The molecule has 2 heterocycles. The Morgan fingerprint density at radius 3 is 2.07 bits per heavy atom. The normalized spacial score (nSPS) is 22.0. The van der Waals surface area contributed by atoms with Crippen molar-refractivity contribution in [3.8, 4) is 6.07 Å². The first kappa shape index (κ1) is 19.1. The van der Waals surface area contributed by atoms with Gasteiger partial charge in [0.15, 0.2) is 11.6 Å². The van der Waals surface area contributed by atoms with Crippen LogP contribution in [0.2, 0.25) is 0 Å². The largest absolute Gasteiger partial charge is 0.367 e. The van der Waals surface area contributed by atoms with E-state index in [-0.39, 0.29) is 23.1 Å². The molecule has 0 radical (unpaired) electrons. The van der Waals surface area contributed by atoms with Gasteiger partial charge in [0.05, 0.1) is 11.6 Å². The van der Waals surface area contributed by atoms with Gasteiger partial charge in [0, 0.05) is 51.2 Å². The molecule has 3 fully saturated rings. The molecule has 2 aliphatic heterocycles. The van der Waals surface area contributed by atoms with E-state index in [0.717, 1.165) is 44.4 Å². The smallest absolute Gasteiger partial charge is 0.225 e. The van der Waals surface area contributed by atoms with Gasteiger partial charge in [-0.1, -0.05) is 6.42 Å². The van der Waals surface area contributed by atoms with Crippen molar-refractivity contribution in [1.82, 2.24) is 9.80 Å². The lowest BCUT2D eigenvalue weighted by Gasteiger charge is -2.44. The number of nitriles is 1. The number of amides is 1. The molecule has 0 unspecified atom stereocenters. The minimum atomic E-state index is -0.714. The van der Waals surface area contributed by atoms with Crippen molar-refractivity contribution in [2.75, 3.05) is 44.2 Å². The van der Waals surface area contributed by atoms with Crippen LogP contribution in [0.4, 0.5) is 14.5 Å². The summed E-state index contributed by atoms with van der Waals surface area (Å²) in [7, 11) is 0. The van der Waals surface area contributed by atoms with Crippen molar-refractivity contribution in [3.05, 3.63) is 29.3 Å². The van der Waals surface area contributed by atoms with Gasteiger partial charge in [0.25, 0.3) is 0 Å². The second kappa shape index (κ2) is 8.04. The van der Waals surface area contributed by atoms with Gasteiger partial charge in [0.1, 0.15) is 5.69 Å². The molecule has 1 aliphatic carbocycles. The number of piperidine rings is 1. The molecule has 0 N–H and O–H groups in total. The van der Waals surface area contributed by atoms with Crippen LogP contribution in [0.15, 0.2) is 12.1 Å². The molecule has 5 nitrogen and oxygen atoms in total. The van der Waals surface area contributed by atoms with Crippen LogP contribution in [0, 0.1) is 28.9 Å². The van der Waals surface area contributed by atoms with Gasteiger partial charge in [-0.05, 0) is 37.8 Å². The van der Waals surface area contributed by atoms with Gasteiger partial charge < -0.3 is 9.80 Å². The number of hydrogen-bond donors (Lipinski definition) is 0. The molecule has 7 heteroatoms. The molecular formula is C21H26F2N4O. The maximum Gasteiger partial charge on any atom is 0.225 e. The Bertz CT molecular complexity index is 750. The van der Waals surface area contributed by atoms with E-state index in [1.807, 2.05) is 4.90 Å². The molecule has 0 aromatic heterocycles. The number of piperazine rings is 1. The lowest BCUT2D eigenvalue weighted by Crippen LogP contribution is -2.55. The van der Waals surface area contributed by atoms with Gasteiger partial charge >= 0.3 is 0 Å². The SMILES string of the molecule is N#Cc1cc(F)c(N2CCC(C(=O)N3CCN(C4CCC4)CC3)CC2)c(F)c1. The summed E-state index contributed by atoms with van der Waals surface area (Å²) in [6.45, 7) is 4.37. The number of rotatable bonds is 3. The summed E-state index contributed by atoms with van der Waals surface area (Å²) in [5.41, 5.74) is -0.108. The minimum Gasteiger partial charge on any atom is -0.367 e. The first-order valence-corrected chi connectivity index (χ1v) is 10.2. The number of hydrogen-bond acceptors (Lipinski definition) is 4. The number of nitrogens with zero attached hydrogens (tertiary/aromatic N) is 4. The Hall–Kier alpha value is -2.20. The monoisotopic (exact) mass is 388 g/mol. The molecule has 1 amide bonds. The highest BCUT2D eigenvalue weighted by Crippen LogP contribution is 2.30. The summed E-state index contributed by atoms with van der Waals surface area (Å²) in [5, 5.41) is 8.83. The summed E-state index contributed by atoms with van der Waals surface area (Å²) in [6.07, 6.45) is 5.09. The summed E-state index contributed by atoms with van der Waals surface area (Å²) < 4.78 is 28.5. The molecule has 1 aromatic carbocycles. The highest BCUT2D eigenvalue weighted by Gasteiger charge is 2.34. The van der Waals surface area contributed by atoms with Crippen molar-refractivity contribution in [2.24, 2.45) is 5.92 Å². The zero-order valence-electron chi connectivity index (χ0n) is 16.0. The molecule has 2 saturated heterocycles. The number of carbonyl (C=O) groups excluding carboxylic acids is 1. The van der Waals surface area contributed by atoms with E-state index in [2.05, 4.69) is 4.90 Å². The highest BCUT2D eigenvalue weighted by molar-refractivity contribution is 5.79. The standard InChI is InChI=1S/C21H26F2N4O/c22-18-12-15(14-24)13-19(23)20(18)26-6-4-16(5-7-26)21(28)27-10-8-25(9-11-27)17-2-1-3-17/h12-13,16-17H,1-11H2. The van der Waals surface area contributed by atoms with Crippen LogP contribution in [-0.4, -0.2) is 61.0 Å². The van der Waals surface area contributed by atoms with Crippen molar-refractivity contribution < 1.29 is 13.6 Å². The van der Waals surface area contributed by atoms with E-state index in [9.17, 15) is 13.6 Å². The second-order valence-corrected chi connectivity index (χ2v) is 8.11. The van der Waals surface area contributed by atoms with Gasteiger partial charge in [-0.25, -0.2) is 8.78 Å². The van der Waals surface area contributed by atoms with Crippen molar-refractivity contribution in [1.29, 1.82) is 5.26 Å². The fourth-order valence-corrected chi connectivity index (χ4v) is 4.60. The Balaban J connectivity index is 1.32. The second-order valence-electron chi connectivity index (χ2n) is 8.11. The van der Waals surface area contributed by atoms with Gasteiger partial charge in [0.2, 0.25) is 5.91 Å². The minimum absolute atomic E-state index is 0.0233. The van der Waals surface area contributed by atoms with Crippen LogP contribution in [-0.2, 0) is 4.79 Å². The van der Waals surface area contributed by atoms with Crippen LogP contribution in [0.25, 0.3) is 0 Å². The summed E-state index contributed by atoms with van der Waals surface area (Å²) in [6, 6.07) is 4.62. The van der Waals surface area contributed by atoms with E-state index in [4.69, 9.17) is 5.26 Å². The zero-order valence-corrected chi connectivity index (χ0v) is 16.0. The van der Waals surface area contributed by atoms with Gasteiger partial charge in [-0.15, -0.1) is 0 Å². The first-order valence-electron chi connectivity index (χ1n) is 10.2.